The number of nitrogens with zero attached hydrogens (tertiary/aromatic N) is 7. The monoisotopic (exact) mass is 451 g/mol. The summed E-state index contributed by atoms with van der Waals surface area (Å²) < 4.78 is 2.32. The summed E-state index contributed by atoms with van der Waals surface area (Å²) in [5.41, 5.74) is 8.06. The van der Waals surface area contributed by atoms with Crippen molar-refractivity contribution in [3.63, 3.8) is 0 Å². The molecule has 3 N–H and O–H groups in total. The SMILES string of the molecule is Cc1ccc(Nc2nc(N)nc(CSc3nnc(N4CCC(C)CC4)n3C3CC3)n2)cc1. The van der Waals surface area contributed by atoms with Gasteiger partial charge in [-0.25, -0.2) is 0 Å². The third-order valence-corrected chi connectivity index (χ3v) is 6.90. The zero-order valence-corrected chi connectivity index (χ0v) is 19.3. The minimum atomic E-state index is 0.206. The summed E-state index contributed by atoms with van der Waals surface area (Å²) in [6.07, 6.45) is 4.79. The molecular formula is C22H29N9S. The second-order valence-electron chi connectivity index (χ2n) is 8.77. The van der Waals surface area contributed by atoms with Crippen molar-refractivity contribution in [3.05, 3.63) is 35.7 Å². The van der Waals surface area contributed by atoms with Gasteiger partial charge in [-0.2, -0.15) is 15.0 Å². The molecular weight excluding hydrogens is 422 g/mol. The molecule has 0 amide bonds. The van der Waals surface area contributed by atoms with Crippen LogP contribution in [0.5, 0.6) is 0 Å². The van der Waals surface area contributed by atoms with Gasteiger partial charge in [0.05, 0.1) is 5.75 Å². The Labute approximate surface area is 192 Å². The van der Waals surface area contributed by atoms with Gasteiger partial charge in [-0.3, -0.25) is 4.57 Å². The number of aromatic nitrogens is 6. The highest BCUT2D eigenvalue weighted by Gasteiger charge is 2.32. The van der Waals surface area contributed by atoms with Crippen LogP contribution in [0.15, 0.2) is 29.4 Å². The quantitative estimate of drug-likeness (QED) is 0.516. The molecule has 2 aliphatic rings. The van der Waals surface area contributed by atoms with E-state index >= 15 is 0 Å². The fourth-order valence-electron chi connectivity index (χ4n) is 3.90. The number of piperidine rings is 1. The molecule has 1 aliphatic heterocycles. The van der Waals surface area contributed by atoms with Crippen LogP contribution in [0.4, 0.5) is 23.5 Å². The van der Waals surface area contributed by atoms with Crippen LogP contribution < -0.4 is 16.0 Å². The Kier molecular flexibility index (Phi) is 5.86. The molecule has 1 aromatic carbocycles. The van der Waals surface area contributed by atoms with Crippen molar-refractivity contribution < 1.29 is 0 Å². The number of rotatable bonds is 7. The first-order valence-corrected chi connectivity index (χ1v) is 12.2. The van der Waals surface area contributed by atoms with Crippen molar-refractivity contribution in [1.29, 1.82) is 0 Å². The zero-order chi connectivity index (χ0) is 22.1. The van der Waals surface area contributed by atoms with Gasteiger partial charge in [0.2, 0.25) is 17.8 Å². The molecule has 9 nitrogen and oxygen atoms in total. The highest BCUT2D eigenvalue weighted by molar-refractivity contribution is 7.98. The number of hydrogen-bond acceptors (Lipinski definition) is 9. The van der Waals surface area contributed by atoms with Gasteiger partial charge >= 0.3 is 0 Å². The van der Waals surface area contributed by atoms with Gasteiger partial charge < -0.3 is 16.0 Å². The molecule has 0 unspecified atom stereocenters. The van der Waals surface area contributed by atoms with E-state index in [2.05, 4.69) is 53.8 Å². The highest BCUT2D eigenvalue weighted by Crippen LogP contribution is 2.41. The second kappa shape index (κ2) is 8.93. The third-order valence-electron chi connectivity index (χ3n) is 5.96. The number of thioether (sulfide) groups is 1. The topological polar surface area (TPSA) is 111 Å². The molecule has 2 fully saturated rings. The molecule has 0 atom stereocenters. The van der Waals surface area contributed by atoms with Gasteiger partial charge in [0.1, 0.15) is 5.82 Å². The summed E-state index contributed by atoms with van der Waals surface area (Å²) in [6.45, 7) is 6.48. The molecule has 10 heteroatoms. The number of nitrogens with two attached hydrogens (primary N) is 1. The molecule has 3 aromatic rings. The lowest BCUT2D eigenvalue weighted by atomic mass is 10.00. The molecule has 32 heavy (non-hydrogen) atoms. The molecule has 1 saturated carbocycles. The Morgan fingerprint density at radius 3 is 2.50 bits per heavy atom. The number of benzene rings is 1. The van der Waals surface area contributed by atoms with Crippen molar-refractivity contribution in [2.75, 3.05) is 29.0 Å². The lowest BCUT2D eigenvalue weighted by Crippen LogP contribution is -2.34. The highest BCUT2D eigenvalue weighted by atomic mass is 32.2. The maximum atomic E-state index is 5.96. The van der Waals surface area contributed by atoms with E-state index in [4.69, 9.17) is 5.73 Å². The van der Waals surface area contributed by atoms with E-state index in [-0.39, 0.29) is 5.95 Å². The Bertz CT molecular complexity index is 1070. The van der Waals surface area contributed by atoms with Crippen LogP contribution >= 0.6 is 11.8 Å². The second-order valence-corrected chi connectivity index (χ2v) is 9.71. The standard InChI is InChI=1S/C22H29N9S/c1-14-3-5-16(6-4-14)24-20-26-18(25-19(23)27-20)13-32-22-29-28-21(31(22)17-7-8-17)30-11-9-15(2)10-12-30/h3-6,15,17H,7-13H2,1-2H3,(H3,23,24,25,26,27). The average Bonchev–Trinajstić information content (AvgIpc) is 3.53. The molecule has 0 bridgehead atoms. The molecule has 5 rings (SSSR count). The van der Waals surface area contributed by atoms with Crippen molar-refractivity contribution >= 4 is 35.3 Å². The van der Waals surface area contributed by atoms with E-state index in [1.807, 2.05) is 24.3 Å². The predicted molar refractivity (Wildman–Crippen MR) is 127 cm³/mol. The van der Waals surface area contributed by atoms with Crippen molar-refractivity contribution in [3.8, 4) is 0 Å². The number of anilines is 4. The lowest BCUT2D eigenvalue weighted by Gasteiger charge is -2.31. The Hall–Kier alpha value is -2.88. The summed E-state index contributed by atoms with van der Waals surface area (Å²) in [4.78, 5) is 15.5. The van der Waals surface area contributed by atoms with E-state index in [1.54, 1.807) is 11.8 Å². The molecule has 0 radical (unpaired) electrons. The van der Waals surface area contributed by atoms with Gasteiger partial charge in [-0.15, -0.1) is 10.2 Å². The van der Waals surface area contributed by atoms with Gasteiger partial charge in [0.15, 0.2) is 5.16 Å². The maximum absolute atomic E-state index is 5.96. The van der Waals surface area contributed by atoms with E-state index in [0.717, 1.165) is 35.8 Å². The third kappa shape index (κ3) is 4.79. The van der Waals surface area contributed by atoms with Crippen LogP contribution in [0.2, 0.25) is 0 Å². The van der Waals surface area contributed by atoms with E-state index in [9.17, 15) is 0 Å². The van der Waals surface area contributed by atoms with Crippen LogP contribution in [0, 0.1) is 12.8 Å². The normalized spacial score (nSPS) is 17.0. The zero-order valence-electron chi connectivity index (χ0n) is 18.5. The van der Waals surface area contributed by atoms with Crippen molar-refractivity contribution in [1.82, 2.24) is 29.7 Å². The van der Waals surface area contributed by atoms with E-state index in [0.29, 0.717) is 23.6 Å². The number of hydrogen-bond donors (Lipinski definition) is 2. The summed E-state index contributed by atoms with van der Waals surface area (Å²) in [7, 11) is 0. The number of aryl methyl sites for hydroxylation is 1. The predicted octanol–water partition coefficient (Wildman–Crippen LogP) is 3.96. The largest absolute Gasteiger partial charge is 0.368 e. The summed E-state index contributed by atoms with van der Waals surface area (Å²) in [5.74, 6) is 3.63. The van der Waals surface area contributed by atoms with Crippen LogP contribution in [-0.4, -0.2) is 42.8 Å². The van der Waals surface area contributed by atoms with Crippen LogP contribution in [-0.2, 0) is 5.75 Å². The van der Waals surface area contributed by atoms with E-state index in [1.165, 1.54) is 31.2 Å². The van der Waals surface area contributed by atoms with E-state index < -0.39 is 0 Å². The molecule has 168 valence electrons. The Morgan fingerprint density at radius 2 is 1.78 bits per heavy atom. The fourth-order valence-corrected chi connectivity index (χ4v) is 4.75. The summed E-state index contributed by atoms with van der Waals surface area (Å²) in [6, 6.07) is 8.56. The maximum Gasteiger partial charge on any atom is 0.232 e. The molecule has 3 heterocycles. The molecule has 1 saturated heterocycles. The van der Waals surface area contributed by atoms with Crippen LogP contribution in [0.3, 0.4) is 0 Å². The fraction of sp³-hybridized carbons (Fsp3) is 0.500. The van der Waals surface area contributed by atoms with Crippen LogP contribution in [0.1, 0.15) is 50.0 Å². The van der Waals surface area contributed by atoms with Gasteiger partial charge in [0.25, 0.3) is 0 Å². The summed E-state index contributed by atoms with van der Waals surface area (Å²) in [5, 5.41) is 13.2. The Balaban J connectivity index is 1.30. The lowest BCUT2D eigenvalue weighted by molar-refractivity contribution is 0.429. The smallest absolute Gasteiger partial charge is 0.232 e. The molecule has 0 spiro atoms. The molecule has 2 aromatic heterocycles. The van der Waals surface area contributed by atoms with Crippen LogP contribution in [0.25, 0.3) is 0 Å². The number of nitrogen functional groups attached to an aromatic ring is 1. The summed E-state index contributed by atoms with van der Waals surface area (Å²) >= 11 is 1.61. The minimum absolute atomic E-state index is 0.206. The van der Waals surface area contributed by atoms with Gasteiger partial charge in [-0.05, 0) is 50.7 Å². The molecule has 1 aliphatic carbocycles. The number of nitrogens with one attached hydrogen (secondary N) is 1. The Morgan fingerprint density at radius 1 is 1.03 bits per heavy atom. The van der Waals surface area contributed by atoms with Gasteiger partial charge in [0, 0.05) is 24.8 Å². The minimum Gasteiger partial charge on any atom is -0.368 e. The first-order chi connectivity index (χ1) is 15.5. The first-order valence-electron chi connectivity index (χ1n) is 11.2. The van der Waals surface area contributed by atoms with Crippen molar-refractivity contribution in [2.45, 2.75) is 56.5 Å². The first kappa shape index (κ1) is 21.0. The average molecular weight is 452 g/mol. The van der Waals surface area contributed by atoms with Crippen molar-refractivity contribution in [2.24, 2.45) is 5.92 Å². The van der Waals surface area contributed by atoms with Gasteiger partial charge in [-0.1, -0.05) is 36.4 Å².